The van der Waals surface area contributed by atoms with Crippen LogP contribution in [0.15, 0.2) is 21.1 Å². The zero-order chi connectivity index (χ0) is 9.14. The van der Waals surface area contributed by atoms with Crippen molar-refractivity contribution in [2.24, 2.45) is 0 Å². The summed E-state index contributed by atoms with van der Waals surface area (Å²) in [6.07, 6.45) is 0.944. The Hall–Kier alpha value is 0.460. The molecular weight excluding hydrogens is 352 g/mol. The highest BCUT2D eigenvalue weighted by atomic mass is 79.9. The van der Waals surface area contributed by atoms with E-state index in [1.165, 1.54) is 5.56 Å². The van der Waals surface area contributed by atoms with E-state index in [2.05, 4.69) is 47.8 Å². The molecule has 0 saturated heterocycles. The number of hydrogen-bond acceptors (Lipinski definition) is 1. The lowest BCUT2D eigenvalue weighted by Crippen LogP contribution is -1.88. The van der Waals surface area contributed by atoms with Gasteiger partial charge in [-0.2, -0.15) is 0 Å². The number of aromatic hydroxyl groups is 1. The Morgan fingerprint density at radius 1 is 1.17 bits per heavy atom. The van der Waals surface area contributed by atoms with Crippen LogP contribution in [-0.2, 0) is 6.42 Å². The minimum absolute atomic E-state index is 0.264. The highest BCUT2D eigenvalue weighted by Crippen LogP contribution is 2.34. The molecule has 1 aromatic rings. The minimum atomic E-state index is 0.264. The monoisotopic (exact) mass is 356 g/mol. The van der Waals surface area contributed by atoms with E-state index in [0.29, 0.717) is 0 Å². The third kappa shape index (κ3) is 2.24. The summed E-state index contributed by atoms with van der Waals surface area (Å²) in [6, 6.07) is 3.60. The second-order valence-electron chi connectivity index (χ2n) is 2.31. The number of aryl methyl sites for hydroxylation is 1. The summed E-state index contributed by atoms with van der Waals surface area (Å²) in [7, 11) is 0. The van der Waals surface area contributed by atoms with Gasteiger partial charge in [-0.05, 0) is 49.9 Å². The summed E-state index contributed by atoms with van der Waals surface area (Å²) in [5.74, 6) is 0.264. The molecule has 0 amide bonds. The minimum Gasteiger partial charge on any atom is -0.507 e. The van der Waals surface area contributed by atoms with Gasteiger partial charge in [0.15, 0.2) is 0 Å². The van der Waals surface area contributed by atoms with Crippen molar-refractivity contribution in [3.8, 4) is 5.75 Å². The zero-order valence-electron chi connectivity index (χ0n) is 6.15. The molecule has 0 radical (unpaired) electrons. The Balaban J connectivity index is 3.08. The van der Waals surface area contributed by atoms with Gasteiger partial charge in [-0.15, -0.1) is 0 Å². The summed E-state index contributed by atoms with van der Waals surface area (Å²) in [6.45, 7) is 0. The van der Waals surface area contributed by atoms with E-state index < -0.39 is 0 Å². The first-order valence-electron chi connectivity index (χ1n) is 3.38. The molecule has 0 aromatic heterocycles. The van der Waals surface area contributed by atoms with Gasteiger partial charge in [0, 0.05) is 9.80 Å². The summed E-state index contributed by atoms with van der Waals surface area (Å²) in [5.41, 5.74) is 1.18. The molecule has 0 fully saturated rings. The normalized spacial score (nSPS) is 10.2. The lowest BCUT2D eigenvalue weighted by Gasteiger charge is -2.05. The lowest BCUT2D eigenvalue weighted by molar-refractivity contribution is 0.471. The topological polar surface area (TPSA) is 20.2 Å². The van der Waals surface area contributed by atoms with E-state index in [1.54, 1.807) is 6.07 Å². The summed E-state index contributed by atoms with van der Waals surface area (Å²) < 4.78 is 1.66. The van der Waals surface area contributed by atoms with Gasteiger partial charge in [0.05, 0.1) is 4.47 Å². The number of hydrogen-bond donors (Lipinski definition) is 1. The molecule has 1 nitrogen and oxygen atoms in total. The standard InChI is InChI=1S/C8H7Br3O/c9-4-3-5-1-2-6(12)8(11)7(5)10/h1-2,12H,3-4H2. The molecule has 1 aromatic carbocycles. The van der Waals surface area contributed by atoms with Gasteiger partial charge >= 0.3 is 0 Å². The fourth-order valence-corrected chi connectivity index (χ4v) is 2.22. The number of rotatable bonds is 2. The number of phenols is 1. The summed E-state index contributed by atoms with van der Waals surface area (Å²) >= 11 is 10.1. The van der Waals surface area contributed by atoms with Crippen molar-refractivity contribution in [1.82, 2.24) is 0 Å². The van der Waals surface area contributed by atoms with Gasteiger partial charge < -0.3 is 5.11 Å². The highest BCUT2D eigenvalue weighted by Gasteiger charge is 2.06. The molecule has 66 valence electrons. The van der Waals surface area contributed by atoms with Crippen LogP contribution in [0.5, 0.6) is 5.75 Å². The van der Waals surface area contributed by atoms with Crippen LogP contribution in [-0.4, -0.2) is 10.4 Å². The highest BCUT2D eigenvalue weighted by molar-refractivity contribution is 9.13. The first-order chi connectivity index (χ1) is 5.66. The number of halogens is 3. The lowest BCUT2D eigenvalue weighted by atomic mass is 10.2. The van der Waals surface area contributed by atoms with Crippen molar-refractivity contribution < 1.29 is 5.11 Å². The Morgan fingerprint density at radius 3 is 2.42 bits per heavy atom. The molecule has 0 aliphatic rings. The van der Waals surface area contributed by atoms with Crippen molar-refractivity contribution in [3.63, 3.8) is 0 Å². The van der Waals surface area contributed by atoms with E-state index in [4.69, 9.17) is 0 Å². The molecule has 0 aliphatic carbocycles. The summed E-state index contributed by atoms with van der Waals surface area (Å²) in [4.78, 5) is 0. The zero-order valence-corrected chi connectivity index (χ0v) is 10.9. The molecule has 1 N–H and O–H groups in total. The maximum absolute atomic E-state index is 9.30. The fraction of sp³-hybridized carbons (Fsp3) is 0.250. The van der Waals surface area contributed by atoms with Gasteiger partial charge in [-0.25, -0.2) is 0 Å². The quantitative estimate of drug-likeness (QED) is 0.796. The Kier molecular flexibility index (Phi) is 4.06. The van der Waals surface area contributed by atoms with E-state index in [0.717, 1.165) is 20.7 Å². The van der Waals surface area contributed by atoms with Crippen LogP contribution in [0.3, 0.4) is 0 Å². The Labute approximate surface area is 96.6 Å². The molecule has 0 atom stereocenters. The molecule has 0 unspecified atom stereocenters. The number of phenolic OH excluding ortho intramolecular Hbond substituents is 1. The van der Waals surface area contributed by atoms with Crippen LogP contribution in [0.1, 0.15) is 5.56 Å². The van der Waals surface area contributed by atoms with Crippen LogP contribution >= 0.6 is 47.8 Å². The fourth-order valence-electron chi connectivity index (χ4n) is 0.874. The average molecular weight is 359 g/mol. The molecule has 0 aliphatic heterocycles. The van der Waals surface area contributed by atoms with Gasteiger partial charge in [0.25, 0.3) is 0 Å². The predicted molar refractivity (Wildman–Crippen MR) is 61.0 cm³/mol. The SMILES string of the molecule is Oc1ccc(CCBr)c(Br)c1Br. The molecule has 4 heteroatoms. The van der Waals surface area contributed by atoms with Crippen LogP contribution < -0.4 is 0 Å². The van der Waals surface area contributed by atoms with Gasteiger partial charge in [0.2, 0.25) is 0 Å². The van der Waals surface area contributed by atoms with E-state index >= 15 is 0 Å². The molecule has 0 spiro atoms. The second-order valence-corrected chi connectivity index (χ2v) is 4.69. The third-order valence-corrected chi connectivity index (χ3v) is 4.14. The van der Waals surface area contributed by atoms with Crippen molar-refractivity contribution in [2.75, 3.05) is 5.33 Å². The summed E-state index contributed by atoms with van der Waals surface area (Å²) in [5, 5.41) is 10.2. The third-order valence-electron chi connectivity index (χ3n) is 1.51. The molecular formula is C8H7Br3O. The maximum Gasteiger partial charge on any atom is 0.130 e. The molecule has 12 heavy (non-hydrogen) atoms. The van der Waals surface area contributed by atoms with Gasteiger partial charge in [-0.3, -0.25) is 0 Å². The molecule has 0 bridgehead atoms. The Bertz CT molecular complexity index is 286. The number of alkyl halides is 1. The largest absolute Gasteiger partial charge is 0.507 e. The van der Waals surface area contributed by atoms with Crippen LogP contribution in [0.25, 0.3) is 0 Å². The Morgan fingerprint density at radius 2 is 1.83 bits per heavy atom. The first-order valence-corrected chi connectivity index (χ1v) is 6.09. The molecule has 0 heterocycles. The van der Waals surface area contributed by atoms with Crippen LogP contribution in [0.2, 0.25) is 0 Å². The van der Waals surface area contributed by atoms with Crippen LogP contribution in [0, 0.1) is 0 Å². The van der Waals surface area contributed by atoms with Crippen molar-refractivity contribution >= 4 is 47.8 Å². The van der Waals surface area contributed by atoms with E-state index in [-0.39, 0.29) is 5.75 Å². The van der Waals surface area contributed by atoms with Crippen molar-refractivity contribution in [1.29, 1.82) is 0 Å². The van der Waals surface area contributed by atoms with Crippen molar-refractivity contribution in [3.05, 3.63) is 26.6 Å². The number of benzene rings is 1. The molecule has 1 rings (SSSR count). The second kappa shape index (κ2) is 4.63. The van der Waals surface area contributed by atoms with E-state index in [1.807, 2.05) is 6.07 Å². The first kappa shape index (κ1) is 10.5. The maximum atomic E-state index is 9.30. The molecule has 0 saturated carbocycles. The van der Waals surface area contributed by atoms with Gasteiger partial charge in [-0.1, -0.05) is 22.0 Å². The van der Waals surface area contributed by atoms with Crippen molar-refractivity contribution in [2.45, 2.75) is 6.42 Å². The smallest absolute Gasteiger partial charge is 0.130 e. The van der Waals surface area contributed by atoms with Gasteiger partial charge in [0.1, 0.15) is 5.75 Å². The van der Waals surface area contributed by atoms with Crippen LogP contribution in [0.4, 0.5) is 0 Å². The predicted octanol–water partition coefficient (Wildman–Crippen LogP) is 3.85. The average Bonchev–Trinajstić information content (AvgIpc) is 2.07. The van der Waals surface area contributed by atoms with E-state index in [9.17, 15) is 5.11 Å².